The lowest BCUT2D eigenvalue weighted by molar-refractivity contribution is 0.0942. The summed E-state index contributed by atoms with van der Waals surface area (Å²) in [7, 11) is 0. The molecule has 0 spiro atoms. The summed E-state index contributed by atoms with van der Waals surface area (Å²) in [6, 6.07) is 12.3. The molecule has 5 heteroatoms. The summed E-state index contributed by atoms with van der Waals surface area (Å²) in [4.78, 5) is 11.9. The smallest absolute Gasteiger partial charge is 0.251 e. The van der Waals surface area contributed by atoms with Crippen molar-refractivity contribution in [2.24, 2.45) is 0 Å². The Morgan fingerprint density at radius 2 is 1.95 bits per heavy atom. The van der Waals surface area contributed by atoms with Crippen molar-refractivity contribution >= 4 is 17.5 Å². The minimum atomic E-state index is -0.745. The molecule has 2 rings (SSSR count). The van der Waals surface area contributed by atoms with Crippen LogP contribution in [0, 0.1) is 5.82 Å². The molecule has 0 heterocycles. The number of aliphatic hydroxyl groups is 1. The van der Waals surface area contributed by atoms with Crippen LogP contribution in [0.15, 0.2) is 48.5 Å². The second-order valence-electron chi connectivity index (χ2n) is 4.62. The standard InChI is InChI=1S/C16H15ClFNO2/c17-13-3-1-2-12(10-13)16(21)19-9-8-15(20)11-4-6-14(18)7-5-11/h1-7,10,15,20H,8-9H2,(H,19,21). The summed E-state index contributed by atoms with van der Waals surface area (Å²) in [5.74, 6) is -0.594. The Balaban J connectivity index is 1.83. The molecule has 1 unspecified atom stereocenters. The first kappa shape index (κ1) is 15.5. The van der Waals surface area contributed by atoms with Crippen molar-refractivity contribution in [3.05, 3.63) is 70.5 Å². The quantitative estimate of drug-likeness (QED) is 0.890. The van der Waals surface area contributed by atoms with E-state index in [-0.39, 0.29) is 11.7 Å². The van der Waals surface area contributed by atoms with Crippen LogP contribution < -0.4 is 5.32 Å². The summed E-state index contributed by atoms with van der Waals surface area (Å²) < 4.78 is 12.8. The van der Waals surface area contributed by atoms with Crippen LogP contribution in [0.4, 0.5) is 4.39 Å². The molecule has 0 bridgehead atoms. The van der Waals surface area contributed by atoms with E-state index in [2.05, 4.69) is 5.32 Å². The number of halogens is 2. The summed E-state index contributed by atoms with van der Waals surface area (Å²) in [6.45, 7) is 0.309. The molecule has 110 valence electrons. The van der Waals surface area contributed by atoms with Gasteiger partial charge in [0.05, 0.1) is 6.10 Å². The maximum absolute atomic E-state index is 12.8. The summed E-state index contributed by atoms with van der Waals surface area (Å²) in [5, 5.41) is 13.1. The first-order chi connectivity index (χ1) is 10.1. The van der Waals surface area contributed by atoms with E-state index in [9.17, 15) is 14.3 Å². The molecular formula is C16H15ClFNO2. The first-order valence-corrected chi connectivity index (χ1v) is 6.91. The second-order valence-corrected chi connectivity index (χ2v) is 5.06. The number of hydrogen-bond donors (Lipinski definition) is 2. The molecule has 3 nitrogen and oxygen atoms in total. The Morgan fingerprint density at radius 1 is 1.24 bits per heavy atom. The van der Waals surface area contributed by atoms with Gasteiger partial charge in [-0.1, -0.05) is 29.8 Å². The molecule has 0 saturated carbocycles. The van der Waals surface area contributed by atoms with Crippen molar-refractivity contribution in [1.82, 2.24) is 5.32 Å². The highest BCUT2D eigenvalue weighted by Crippen LogP contribution is 2.16. The monoisotopic (exact) mass is 307 g/mol. The van der Waals surface area contributed by atoms with E-state index in [0.717, 1.165) is 0 Å². The van der Waals surface area contributed by atoms with Gasteiger partial charge in [0.1, 0.15) is 5.82 Å². The van der Waals surface area contributed by atoms with Crippen molar-refractivity contribution in [2.75, 3.05) is 6.54 Å². The highest BCUT2D eigenvalue weighted by atomic mass is 35.5. The zero-order valence-electron chi connectivity index (χ0n) is 11.2. The molecule has 1 amide bonds. The van der Waals surface area contributed by atoms with Gasteiger partial charge in [0, 0.05) is 17.1 Å². The molecule has 1 atom stereocenters. The van der Waals surface area contributed by atoms with E-state index in [1.165, 1.54) is 24.3 Å². The van der Waals surface area contributed by atoms with Crippen LogP contribution in [0.5, 0.6) is 0 Å². The van der Waals surface area contributed by atoms with Crippen molar-refractivity contribution in [2.45, 2.75) is 12.5 Å². The molecule has 0 aliphatic rings. The average Bonchev–Trinajstić information content (AvgIpc) is 2.47. The largest absolute Gasteiger partial charge is 0.388 e. The van der Waals surface area contributed by atoms with Gasteiger partial charge in [-0.25, -0.2) is 4.39 Å². The molecule has 0 fully saturated rings. The molecule has 0 aromatic heterocycles. The average molecular weight is 308 g/mol. The minimum Gasteiger partial charge on any atom is -0.388 e. The number of aliphatic hydroxyl groups excluding tert-OH is 1. The van der Waals surface area contributed by atoms with Gasteiger partial charge in [0.25, 0.3) is 5.91 Å². The normalized spacial score (nSPS) is 12.0. The lowest BCUT2D eigenvalue weighted by Crippen LogP contribution is -2.25. The molecule has 2 aromatic rings. The van der Waals surface area contributed by atoms with E-state index < -0.39 is 6.10 Å². The lowest BCUT2D eigenvalue weighted by Gasteiger charge is -2.11. The molecule has 0 aliphatic heterocycles. The van der Waals surface area contributed by atoms with E-state index in [1.54, 1.807) is 24.3 Å². The summed E-state index contributed by atoms with van der Waals surface area (Å²) in [5.41, 5.74) is 1.09. The fourth-order valence-electron chi connectivity index (χ4n) is 1.91. The predicted molar refractivity (Wildman–Crippen MR) is 79.8 cm³/mol. The molecule has 0 radical (unpaired) electrons. The van der Waals surface area contributed by atoms with Crippen LogP contribution in [-0.4, -0.2) is 17.6 Å². The van der Waals surface area contributed by atoms with E-state index in [4.69, 9.17) is 11.6 Å². The van der Waals surface area contributed by atoms with Crippen LogP contribution in [0.2, 0.25) is 5.02 Å². The first-order valence-electron chi connectivity index (χ1n) is 6.53. The van der Waals surface area contributed by atoms with Gasteiger partial charge in [-0.3, -0.25) is 4.79 Å². The van der Waals surface area contributed by atoms with Crippen LogP contribution >= 0.6 is 11.6 Å². The Kier molecular flexibility index (Phi) is 5.31. The van der Waals surface area contributed by atoms with Crippen molar-refractivity contribution in [1.29, 1.82) is 0 Å². The highest BCUT2D eigenvalue weighted by Gasteiger charge is 2.09. The fourth-order valence-corrected chi connectivity index (χ4v) is 2.10. The topological polar surface area (TPSA) is 49.3 Å². The number of amides is 1. The van der Waals surface area contributed by atoms with Gasteiger partial charge in [0.2, 0.25) is 0 Å². The van der Waals surface area contributed by atoms with Gasteiger partial charge in [0.15, 0.2) is 0 Å². The van der Waals surface area contributed by atoms with E-state index in [1.807, 2.05) is 0 Å². The fraction of sp³-hybridized carbons (Fsp3) is 0.188. The van der Waals surface area contributed by atoms with Crippen LogP contribution in [-0.2, 0) is 0 Å². The van der Waals surface area contributed by atoms with Crippen molar-refractivity contribution in [3.63, 3.8) is 0 Å². The third-order valence-electron chi connectivity index (χ3n) is 3.04. The number of benzene rings is 2. The van der Waals surface area contributed by atoms with E-state index >= 15 is 0 Å². The highest BCUT2D eigenvalue weighted by molar-refractivity contribution is 6.30. The third-order valence-corrected chi connectivity index (χ3v) is 3.28. The van der Waals surface area contributed by atoms with E-state index in [0.29, 0.717) is 29.1 Å². The lowest BCUT2D eigenvalue weighted by atomic mass is 10.1. The summed E-state index contributed by atoms with van der Waals surface area (Å²) in [6.07, 6.45) is -0.400. The predicted octanol–water partition coefficient (Wildman–Crippen LogP) is 3.33. The zero-order valence-corrected chi connectivity index (χ0v) is 12.0. The Labute approximate surface area is 127 Å². The minimum absolute atomic E-state index is 0.246. The molecule has 0 saturated heterocycles. The molecule has 21 heavy (non-hydrogen) atoms. The number of nitrogens with one attached hydrogen (secondary N) is 1. The number of hydrogen-bond acceptors (Lipinski definition) is 2. The third kappa shape index (κ3) is 4.55. The maximum atomic E-state index is 12.8. The molecule has 2 aromatic carbocycles. The van der Waals surface area contributed by atoms with Crippen LogP contribution in [0.25, 0.3) is 0 Å². The second kappa shape index (κ2) is 7.20. The van der Waals surface area contributed by atoms with Crippen molar-refractivity contribution in [3.8, 4) is 0 Å². The molecule has 0 aliphatic carbocycles. The molecular weight excluding hydrogens is 293 g/mol. The SMILES string of the molecule is O=C(NCCC(O)c1ccc(F)cc1)c1cccc(Cl)c1. The number of rotatable bonds is 5. The molecule has 2 N–H and O–H groups in total. The van der Waals surface area contributed by atoms with Gasteiger partial charge < -0.3 is 10.4 Å². The number of carbonyl (C=O) groups is 1. The number of carbonyl (C=O) groups excluding carboxylic acids is 1. The zero-order chi connectivity index (χ0) is 15.2. The van der Waals surface area contributed by atoms with Gasteiger partial charge in [-0.15, -0.1) is 0 Å². The van der Waals surface area contributed by atoms with Crippen LogP contribution in [0.3, 0.4) is 0 Å². The van der Waals surface area contributed by atoms with Gasteiger partial charge in [-0.05, 0) is 42.3 Å². The maximum Gasteiger partial charge on any atom is 0.251 e. The Hall–Kier alpha value is -1.91. The van der Waals surface area contributed by atoms with Gasteiger partial charge >= 0.3 is 0 Å². The summed E-state index contributed by atoms with van der Waals surface area (Å²) >= 11 is 5.82. The Morgan fingerprint density at radius 3 is 2.62 bits per heavy atom. The van der Waals surface area contributed by atoms with Crippen molar-refractivity contribution < 1.29 is 14.3 Å². The van der Waals surface area contributed by atoms with Gasteiger partial charge in [-0.2, -0.15) is 0 Å². The van der Waals surface area contributed by atoms with Crippen LogP contribution in [0.1, 0.15) is 28.4 Å². The Bertz CT molecular complexity index is 616.